The first-order valence-electron chi connectivity index (χ1n) is 9.14. The first-order valence-corrected chi connectivity index (χ1v) is 9.14. The summed E-state index contributed by atoms with van der Waals surface area (Å²) in [7, 11) is 0. The van der Waals surface area contributed by atoms with E-state index in [0.717, 1.165) is 0 Å². The predicted octanol–water partition coefficient (Wildman–Crippen LogP) is 1.28. The number of aliphatic hydroxyl groups is 2. The predicted molar refractivity (Wildman–Crippen MR) is 96.8 cm³/mol. The molecule has 0 aromatic rings. The van der Waals surface area contributed by atoms with Crippen LogP contribution in [0, 0.1) is 11.8 Å². The fourth-order valence-electron chi connectivity index (χ4n) is 4.60. The number of fused-ring (bicyclic) bond motifs is 3. The van der Waals surface area contributed by atoms with E-state index in [-0.39, 0.29) is 12.0 Å². The molecule has 1 aliphatic heterocycles. The Labute approximate surface area is 163 Å². The summed E-state index contributed by atoms with van der Waals surface area (Å²) in [6, 6.07) is 0. The minimum atomic E-state index is -1.95. The van der Waals surface area contributed by atoms with E-state index >= 15 is 0 Å². The van der Waals surface area contributed by atoms with Crippen molar-refractivity contribution < 1.29 is 39.4 Å². The van der Waals surface area contributed by atoms with E-state index in [4.69, 9.17) is 14.4 Å². The largest absolute Gasteiger partial charge is 0.458 e. The molecular formula is C20H26O8. The monoisotopic (exact) mass is 394 g/mol. The van der Waals surface area contributed by atoms with Gasteiger partial charge in [-0.05, 0) is 40.2 Å². The first-order chi connectivity index (χ1) is 12.9. The van der Waals surface area contributed by atoms with Crippen molar-refractivity contribution >= 4 is 11.9 Å². The molecule has 0 radical (unpaired) electrons. The van der Waals surface area contributed by atoms with Gasteiger partial charge >= 0.3 is 11.9 Å². The van der Waals surface area contributed by atoms with Gasteiger partial charge in [0, 0.05) is 17.1 Å². The maximum atomic E-state index is 12.4. The summed E-state index contributed by atoms with van der Waals surface area (Å²) in [4.78, 5) is 29.4. The Kier molecular flexibility index (Phi) is 4.83. The van der Waals surface area contributed by atoms with Crippen LogP contribution in [0.15, 0.2) is 36.0 Å². The summed E-state index contributed by atoms with van der Waals surface area (Å²) < 4.78 is 11.0. The molecule has 7 unspecified atom stereocenters. The Morgan fingerprint density at radius 3 is 2.57 bits per heavy atom. The fraction of sp³-hybridized carbons (Fsp3) is 0.600. The van der Waals surface area contributed by atoms with E-state index in [1.165, 1.54) is 26.0 Å². The third kappa shape index (κ3) is 2.67. The molecular weight excluding hydrogens is 368 g/mol. The van der Waals surface area contributed by atoms with Crippen LogP contribution in [0.5, 0.6) is 0 Å². The van der Waals surface area contributed by atoms with Crippen molar-refractivity contribution in [3.8, 4) is 0 Å². The van der Waals surface area contributed by atoms with Crippen molar-refractivity contribution in [1.29, 1.82) is 0 Å². The molecule has 3 aliphatic rings. The van der Waals surface area contributed by atoms with Gasteiger partial charge in [0.25, 0.3) is 0 Å². The molecule has 7 atom stereocenters. The lowest BCUT2D eigenvalue weighted by molar-refractivity contribution is -0.376. The number of rotatable bonds is 3. The maximum Gasteiger partial charge on any atom is 0.334 e. The average molecular weight is 394 g/mol. The molecule has 28 heavy (non-hydrogen) atoms. The topological polar surface area (TPSA) is 123 Å². The zero-order valence-corrected chi connectivity index (χ0v) is 16.3. The summed E-state index contributed by atoms with van der Waals surface area (Å²) in [5.41, 5.74) is -4.92. The molecule has 3 N–H and O–H groups in total. The van der Waals surface area contributed by atoms with Crippen LogP contribution < -0.4 is 0 Å². The van der Waals surface area contributed by atoms with Gasteiger partial charge in [0.15, 0.2) is 5.60 Å². The van der Waals surface area contributed by atoms with Gasteiger partial charge in [-0.25, -0.2) is 14.5 Å². The third-order valence-corrected chi connectivity index (χ3v) is 6.48. The molecule has 0 aromatic heterocycles. The van der Waals surface area contributed by atoms with E-state index in [1.807, 2.05) is 0 Å². The first kappa shape index (κ1) is 20.7. The number of esters is 2. The van der Waals surface area contributed by atoms with Gasteiger partial charge in [0.2, 0.25) is 0 Å². The van der Waals surface area contributed by atoms with E-state index in [0.29, 0.717) is 5.57 Å². The van der Waals surface area contributed by atoms with Gasteiger partial charge in [-0.2, -0.15) is 0 Å². The SMILES string of the molecule is C=C1C(=O)OC2C1CC(OC(=O)C(C)=CC)C(C)(O)C1(OO)C=CC(C)(O)C21. The molecule has 8 heteroatoms. The summed E-state index contributed by atoms with van der Waals surface area (Å²) in [5.74, 6) is -2.99. The standard InChI is InChI=1S/C20H26O8/c1-6-10(2)16(21)26-13-9-12-11(3)17(22)27-14(12)15-18(4,23)7-8-20(15,28-25)19(13,5)24/h6-8,12-15,23-25H,3,9H2,1-2,4-5H3. The Morgan fingerprint density at radius 2 is 2.00 bits per heavy atom. The summed E-state index contributed by atoms with van der Waals surface area (Å²) in [6.45, 7) is 9.84. The zero-order chi connectivity index (χ0) is 21.1. The number of allylic oxidation sites excluding steroid dienone is 1. The van der Waals surface area contributed by atoms with Crippen molar-refractivity contribution in [2.45, 2.75) is 63.1 Å². The van der Waals surface area contributed by atoms with E-state index in [1.54, 1.807) is 19.9 Å². The highest BCUT2D eigenvalue weighted by molar-refractivity contribution is 5.91. The van der Waals surface area contributed by atoms with Gasteiger partial charge in [-0.15, -0.1) is 0 Å². The van der Waals surface area contributed by atoms with Crippen LogP contribution in [0.2, 0.25) is 0 Å². The molecule has 154 valence electrons. The highest BCUT2D eigenvalue weighted by Crippen LogP contribution is 2.56. The molecule has 0 amide bonds. The number of carbonyl (C=O) groups excluding carboxylic acids is 2. The van der Waals surface area contributed by atoms with Gasteiger partial charge in [0.1, 0.15) is 17.8 Å². The smallest absolute Gasteiger partial charge is 0.334 e. The molecule has 2 aliphatic carbocycles. The van der Waals surface area contributed by atoms with Crippen molar-refractivity contribution in [1.82, 2.24) is 0 Å². The van der Waals surface area contributed by atoms with Gasteiger partial charge in [0.05, 0.1) is 11.5 Å². The van der Waals surface area contributed by atoms with Crippen LogP contribution in [0.1, 0.15) is 34.1 Å². The fourth-order valence-corrected chi connectivity index (χ4v) is 4.60. The Balaban J connectivity index is 2.15. The average Bonchev–Trinajstić information content (AvgIpc) is 3.04. The minimum Gasteiger partial charge on any atom is -0.458 e. The van der Waals surface area contributed by atoms with Gasteiger partial charge in [-0.3, -0.25) is 5.26 Å². The molecule has 1 saturated heterocycles. The quantitative estimate of drug-likeness (QED) is 0.215. The number of hydrogen-bond acceptors (Lipinski definition) is 8. The van der Waals surface area contributed by atoms with Crippen LogP contribution in [0.4, 0.5) is 0 Å². The molecule has 8 nitrogen and oxygen atoms in total. The maximum absolute atomic E-state index is 12.4. The van der Waals surface area contributed by atoms with Crippen molar-refractivity contribution in [2.24, 2.45) is 11.8 Å². The molecule has 2 fully saturated rings. The Morgan fingerprint density at radius 1 is 1.36 bits per heavy atom. The lowest BCUT2D eigenvalue weighted by Gasteiger charge is -2.47. The van der Waals surface area contributed by atoms with Crippen LogP contribution >= 0.6 is 0 Å². The van der Waals surface area contributed by atoms with Crippen molar-refractivity contribution in [3.05, 3.63) is 36.0 Å². The number of ether oxygens (including phenoxy) is 2. The summed E-state index contributed by atoms with van der Waals surface area (Å²) in [6.07, 6.45) is 2.17. The number of carbonyl (C=O) groups is 2. The van der Waals surface area contributed by atoms with Crippen LogP contribution in [-0.2, 0) is 24.0 Å². The molecule has 1 heterocycles. The Hall–Kier alpha value is -2.00. The second-order valence-electron chi connectivity index (χ2n) is 8.17. The van der Waals surface area contributed by atoms with Crippen LogP contribution in [-0.4, -0.2) is 56.4 Å². The summed E-state index contributed by atoms with van der Waals surface area (Å²) in [5, 5.41) is 32.3. The normalized spacial score (nSPS) is 45.3. The molecule has 0 bridgehead atoms. The highest BCUT2D eigenvalue weighted by Gasteiger charge is 2.71. The lowest BCUT2D eigenvalue weighted by atomic mass is 9.69. The molecule has 1 saturated carbocycles. The van der Waals surface area contributed by atoms with Crippen LogP contribution in [0.25, 0.3) is 0 Å². The van der Waals surface area contributed by atoms with E-state index in [2.05, 4.69) is 6.58 Å². The van der Waals surface area contributed by atoms with E-state index in [9.17, 15) is 25.1 Å². The van der Waals surface area contributed by atoms with Crippen LogP contribution in [0.3, 0.4) is 0 Å². The number of hydrogen-bond donors (Lipinski definition) is 3. The minimum absolute atomic E-state index is 0.0104. The van der Waals surface area contributed by atoms with Gasteiger partial charge in [-0.1, -0.05) is 18.7 Å². The van der Waals surface area contributed by atoms with E-state index < -0.39 is 52.8 Å². The molecule has 0 aromatic carbocycles. The second-order valence-corrected chi connectivity index (χ2v) is 8.17. The third-order valence-electron chi connectivity index (χ3n) is 6.48. The molecule has 0 spiro atoms. The van der Waals surface area contributed by atoms with Gasteiger partial charge < -0.3 is 19.7 Å². The van der Waals surface area contributed by atoms with Crippen molar-refractivity contribution in [3.63, 3.8) is 0 Å². The van der Waals surface area contributed by atoms with Crippen molar-refractivity contribution in [2.75, 3.05) is 0 Å². The second kappa shape index (κ2) is 6.52. The lowest BCUT2D eigenvalue weighted by Crippen LogP contribution is -2.65. The molecule has 3 rings (SSSR count). The summed E-state index contributed by atoms with van der Waals surface area (Å²) >= 11 is 0. The highest BCUT2D eigenvalue weighted by atomic mass is 17.1. The zero-order valence-electron chi connectivity index (χ0n) is 16.3. The Bertz CT molecular complexity index is 777.